The van der Waals surface area contributed by atoms with E-state index in [1.807, 2.05) is 32.0 Å². The molecule has 0 unspecified atom stereocenters. The number of thiazole rings is 1. The van der Waals surface area contributed by atoms with Crippen molar-refractivity contribution in [3.63, 3.8) is 0 Å². The Bertz CT molecular complexity index is 697. The molecule has 0 fully saturated rings. The van der Waals surface area contributed by atoms with Crippen LogP contribution in [-0.4, -0.2) is 24.1 Å². The number of methoxy groups -OCH3 is 1. The van der Waals surface area contributed by atoms with E-state index in [1.165, 1.54) is 24.0 Å². The minimum absolute atomic E-state index is 0.145. The summed E-state index contributed by atoms with van der Waals surface area (Å²) in [6.07, 6.45) is -0.438. The SMILES string of the molecule is COC(=O)Nc1nc(CC(=O)Nc2ccc(C)c(C)c2)cs1. The van der Waals surface area contributed by atoms with Crippen molar-refractivity contribution in [1.29, 1.82) is 0 Å². The molecule has 116 valence electrons. The summed E-state index contributed by atoms with van der Waals surface area (Å²) in [5, 5.41) is 7.43. The second-order valence-electron chi connectivity index (χ2n) is 4.78. The first-order valence-electron chi connectivity index (χ1n) is 6.64. The maximum absolute atomic E-state index is 12.0. The first-order chi connectivity index (χ1) is 10.5. The number of nitrogens with one attached hydrogen (secondary N) is 2. The van der Waals surface area contributed by atoms with Gasteiger partial charge in [-0.2, -0.15) is 0 Å². The predicted octanol–water partition coefficient (Wildman–Crippen LogP) is 3.12. The second kappa shape index (κ2) is 7.04. The lowest BCUT2D eigenvalue weighted by molar-refractivity contribution is -0.115. The van der Waals surface area contributed by atoms with E-state index in [4.69, 9.17) is 0 Å². The van der Waals surface area contributed by atoms with Crippen molar-refractivity contribution >= 4 is 34.2 Å². The van der Waals surface area contributed by atoms with Gasteiger partial charge in [0.2, 0.25) is 5.91 Å². The van der Waals surface area contributed by atoms with Crippen LogP contribution in [-0.2, 0) is 16.0 Å². The van der Waals surface area contributed by atoms with Gasteiger partial charge in [-0.15, -0.1) is 11.3 Å². The molecule has 0 aliphatic rings. The molecule has 1 aromatic carbocycles. The van der Waals surface area contributed by atoms with Crippen molar-refractivity contribution in [1.82, 2.24) is 4.98 Å². The third-order valence-corrected chi connectivity index (χ3v) is 3.89. The maximum atomic E-state index is 12.0. The number of nitrogens with zero attached hydrogens (tertiary/aromatic N) is 1. The van der Waals surface area contributed by atoms with Gasteiger partial charge >= 0.3 is 6.09 Å². The Morgan fingerprint density at radius 1 is 1.23 bits per heavy atom. The summed E-state index contributed by atoms with van der Waals surface area (Å²) in [5.74, 6) is -0.154. The van der Waals surface area contributed by atoms with Gasteiger partial charge in [-0.3, -0.25) is 10.1 Å². The van der Waals surface area contributed by atoms with Crippen molar-refractivity contribution in [2.24, 2.45) is 0 Å². The average Bonchev–Trinajstić information content (AvgIpc) is 2.89. The topological polar surface area (TPSA) is 80.3 Å². The number of aryl methyl sites for hydroxylation is 2. The third-order valence-electron chi connectivity index (χ3n) is 3.08. The number of anilines is 2. The van der Waals surface area contributed by atoms with Gasteiger partial charge in [0, 0.05) is 11.1 Å². The summed E-state index contributed by atoms with van der Waals surface area (Å²) in [5.41, 5.74) is 3.65. The largest absolute Gasteiger partial charge is 0.453 e. The highest BCUT2D eigenvalue weighted by Gasteiger charge is 2.10. The Labute approximate surface area is 132 Å². The lowest BCUT2D eigenvalue weighted by Gasteiger charge is -2.06. The van der Waals surface area contributed by atoms with E-state index in [-0.39, 0.29) is 12.3 Å². The molecular formula is C15H17N3O3S. The molecule has 0 saturated carbocycles. The Morgan fingerprint density at radius 2 is 2.00 bits per heavy atom. The molecule has 1 aromatic heterocycles. The smallest absolute Gasteiger partial charge is 0.413 e. The minimum atomic E-state index is -0.583. The van der Waals surface area contributed by atoms with Gasteiger partial charge in [0.05, 0.1) is 19.2 Å². The number of hydrogen-bond donors (Lipinski definition) is 2. The monoisotopic (exact) mass is 319 g/mol. The number of carbonyl (C=O) groups excluding carboxylic acids is 2. The van der Waals surface area contributed by atoms with Gasteiger partial charge in [-0.1, -0.05) is 6.07 Å². The van der Waals surface area contributed by atoms with Crippen LogP contribution < -0.4 is 10.6 Å². The highest BCUT2D eigenvalue weighted by Crippen LogP contribution is 2.17. The molecule has 2 amide bonds. The Balaban J connectivity index is 1.94. The minimum Gasteiger partial charge on any atom is -0.453 e. The third kappa shape index (κ3) is 4.29. The summed E-state index contributed by atoms with van der Waals surface area (Å²) in [6.45, 7) is 4.02. The van der Waals surface area contributed by atoms with Crippen LogP contribution in [0.15, 0.2) is 23.6 Å². The van der Waals surface area contributed by atoms with Crippen molar-refractivity contribution < 1.29 is 14.3 Å². The van der Waals surface area contributed by atoms with Gasteiger partial charge in [0.25, 0.3) is 0 Å². The van der Waals surface area contributed by atoms with Crippen LogP contribution in [0.2, 0.25) is 0 Å². The van der Waals surface area contributed by atoms with Crippen LogP contribution in [0.5, 0.6) is 0 Å². The van der Waals surface area contributed by atoms with E-state index in [0.29, 0.717) is 10.8 Å². The first kappa shape index (κ1) is 16.0. The zero-order valence-electron chi connectivity index (χ0n) is 12.6. The number of rotatable bonds is 4. The fourth-order valence-electron chi connectivity index (χ4n) is 1.77. The number of benzene rings is 1. The molecule has 6 nitrogen and oxygen atoms in total. The highest BCUT2D eigenvalue weighted by molar-refractivity contribution is 7.13. The lowest BCUT2D eigenvalue weighted by atomic mass is 10.1. The zero-order chi connectivity index (χ0) is 16.1. The quantitative estimate of drug-likeness (QED) is 0.907. The zero-order valence-corrected chi connectivity index (χ0v) is 13.4. The van der Waals surface area contributed by atoms with Gasteiger partial charge < -0.3 is 10.1 Å². The van der Waals surface area contributed by atoms with E-state index >= 15 is 0 Å². The van der Waals surface area contributed by atoms with Gasteiger partial charge in [-0.05, 0) is 37.1 Å². The van der Waals surface area contributed by atoms with E-state index < -0.39 is 6.09 Å². The number of aromatic nitrogens is 1. The Kier molecular flexibility index (Phi) is 5.11. The molecule has 0 aliphatic carbocycles. The molecule has 22 heavy (non-hydrogen) atoms. The van der Waals surface area contributed by atoms with Crippen LogP contribution >= 0.6 is 11.3 Å². The molecule has 0 radical (unpaired) electrons. The summed E-state index contributed by atoms with van der Waals surface area (Å²) >= 11 is 1.24. The van der Waals surface area contributed by atoms with E-state index in [0.717, 1.165) is 11.3 Å². The number of hydrogen-bond acceptors (Lipinski definition) is 5. The fraction of sp³-hybridized carbons (Fsp3) is 0.267. The summed E-state index contributed by atoms with van der Waals surface area (Å²) in [6, 6.07) is 5.76. The molecule has 2 rings (SSSR count). The first-order valence-corrected chi connectivity index (χ1v) is 7.52. The molecule has 2 N–H and O–H groups in total. The van der Waals surface area contributed by atoms with Crippen molar-refractivity contribution in [3.05, 3.63) is 40.4 Å². The van der Waals surface area contributed by atoms with Crippen molar-refractivity contribution in [2.75, 3.05) is 17.7 Å². The second-order valence-corrected chi connectivity index (χ2v) is 5.64. The Hall–Kier alpha value is -2.41. The number of carbonyl (C=O) groups is 2. The summed E-state index contributed by atoms with van der Waals surface area (Å²) in [4.78, 5) is 27.2. The van der Waals surface area contributed by atoms with Crippen LogP contribution in [0.4, 0.5) is 15.6 Å². The van der Waals surface area contributed by atoms with E-state index in [2.05, 4.69) is 20.4 Å². The highest BCUT2D eigenvalue weighted by atomic mass is 32.1. The molecule has 0 bridgehead atoms. The molecule has 7 heteroatoms. The van der Waals surface area contributed by atoms with Crippen LogP contribution in [0.1, 0.15) is 16.8 Å². The summed E-state index contributed by atoms with van der Waals surface area (Å²) < 4.78 is 4.48. The molecular weight excluding hydrogens is 302 g/mol. The molecule has 0 spiro atoms. The summed E-state index contributed by atoms with van der Waals surface area (Å²) in [7, 11) is 1.28. The standard InChI is InChI=1S/C15H17N3O3S/c1-9-4-5-11(6-10(9)2)16-13(19)7-12-8-22-14(17-12)18-15(20)21-3/h4-6,8H,7H2,1-3H3,(H,16,19)(H,17,18,20). The number of ether oxygens (including phenoxy) is 1. The molecule has 0 aliphatic heterocycles. The van der Waals surface area contributed by atoms with E-state index in [9.17, 15) is 9.59 Å². The van der Waals surface area contributed by atoms with Gasteiger partial charge in [0.15, 0.2) is 5.13 Å². The fourth-order valence-corrected chi connectivity index (χ4v) is 2.47. The molecule has 0 saturated heterocycles. The van der Waals surface area contributed by atoms with Crippen LogP contribution in [0.25, 0.3) is 0 Å². The molecule has 0 atom stereocenters. The Morgan fingerprint density at radius 3 is 2.68 bits per heavy atom. The normalized spacial score (nSPS) is 10.1. The van der Waals surface area contributed by atoms with Crippen molar-refractivity contribution in [3.8, 4) is 0 Å². The number of amides is 2. The van der Waals surface area contributed by atoms with Crippen LogP contribution in [0.3, 0.4) is 0 Å². The average molecular weight is 319 g/mol. The van der Waals surface area contributed by atoms with Gasteiger partial charge in [0.1, 0.15) is 0 Å². The molecule has 2 aromatic rings. The van der Waals surface area contributed by atoms with Crippen LogP contribution in [0, 0.1) is 13.8 Å². The molecule has 1 heterocycles. The van der Waals surface area contributed by atoms with Gasteiger partial charge in [-0.25, -0.2) is 9.78 Å². The van der Waals surface area contributed by atoms with E-state index in [1.54, 1.807) is 5.38 Å². The predicted molar refractivity (Wildman–Crippen MR) is 86.4 cm³/mol. The van der Waals surface area contributed by atoms with Crippen molar-refractivity contribution in [2.45, 2.75) is 20.3 Å². The maximum Gasteiger partial charge on any atom is 0.413 e. The lowest BCUT2D eigenvalue weighted by Crippen LogP contribution is -2.15.